The number of amides is 1. The first-order valence-corrected chi connectivity index (χ1v) is 12.3. The van der Waals surface area contributed by atoms with Gasteiger partial charge in [-0.1, -0.05) is 49.9 Å². The van der Waals surface area contributed by atoms with E-state index in [-0.39, 0.29) is 22.6 Å². The van der Waals surface area contributed by atoms with Crippen molar-refractivity contribution >= 4 is 27.7 Å². The molecule has 1 unspecified atom stereocenters. The van der Waals surface area contributed by atoms with Crippen LogP contribution in [0.5, 0.6) is 0 Å². The Kier molecular flexibility index (Phi) is 7.32. The molecule has 3 rings (SSSR count). The van der Waals surface area contributed by atoms with Crippen molar-refractivity contribution in [3.05, 3.63) is 53.7 Å². The highest BCUT2D eigenvalue weighted by atomic mass is 32.2. The number of pyridine rings is 1. The first-order chi connectivity index (χ1) is 14.0. The standard InChI is InChI=1S/C21H27N3O3S2/c1-3-24(4-2)29(26,27)17-12-13-21(22-14-17)28-15-20(25)23-19-11-7-9-16-8-5-6-10-18(16)19/h5-6,8,10,12-14,19H,3-4,7,9,11,15H2,1-2H3,(H,23,25). The van der Waals surface area contributed by atoms with E-state index in [4.69, 9.17) is 0 Å². The largest absolute Gasteiger partial charge is 0.349 e. The van der Waals surface area contributed by atoms with Crippen LogP contribution in [0.15, 0.2) is 52.5 Å². The predicted octanol–water partition coefficient (Wildman–Crippen LogP) is 3.40. The quantitative estimate of drug-likeness (QED) is 0.646. The van der Waals surface area contributed by atoms with E-state index in [0.717, 1.165) is 19.3 Å². The van der Waals surface area contributed by atoms with Crippen molar-refractivity contribution in [2.45, 2.75) is 49.1 Å². The van der Waals surface area contributed by atoms with E-state index in [2.05, 4.69) is 22.4 Å². The molecule has 29 heavy (non-hydrogen) atoms. The second-order valence-corrected chi connectivity index (χ2v) is 9.85. The molecule has 1 N–H and O–H groups in total. The average molecular weight is 434 g/mol. The van der Waals surface area contributed by atoms with Crippen LogP contribution < -0.4 is 5.32 Å². The number of rotatable bonds is 8. The molecule has 0 saturated heterocycles. The normalized spacial score (nSPS) is 16.4. The Morgan fingerprint density at radius 2 is 1.97 bits per heavy atom. The maximum absolute atomic E-state index is 12.5. The van der Waals surface area contributed by atoms with Gasteiger partial charge in [0.05, 0.1) is 16.8 Å². The Morgan fingerprint density at radius 1 is 1.21 bits per heavy atom. The van der Waals surface area contributed by atoms with Crippen molar-refractivity contribution in [3.8, 4) is 0 Å². The minimum Gasteiger partial charge on any atom is -0.349 e. The summed E-state index contributed by atoms with van der Waals surface area (Å²) in [5, 5.41) is 3.75. The van der Waals surface area contributed by atoms with E-state index >= 15 is 0 Å². The van der Waals surface area contributed by atoms with Crippen molar-refractivity contribution in [3.63, 3.8) is 0 Å². The van der Waals surface area contributed by atoms with Gasteiger partial charge in [-0.2, -0.15) is 4.31 Å². The van der Waals surface area contributed by atoms with E-state index < -0.39 is 10.0 Å². The van der Waals surface area contributed by atoms with Gasteiger partial charge in [0.1, 0.15) is 4.90 Å². The zero-order valence-electron chi connectivity index (χ0n) is 16.8. The number of aryl methyl sites for hydroxylation is 1. The first kappa shape index (κ1) is 21.8. The van der Waals surface area contributed by atoms with E-state index in [9.17, 15) is 13.2 Å². The number of carbonyl (C=O) groups excluding carboxylic acids is 1. The molecule has 1 aliphatic carbocycles. The van der Waals surface area contributed by atoms with Crippen molar-refractivity contribution < 1.29 is 13.2 Å². The van der Waals surface area contributed by atoms with Crippen LogP contribution in [-0.4, -0.2) is 42.5 Å². The van der Waals surface area contributed by atoms with Gasteiger partial charge in [0.2, 0.25) is 15.9 Å². The molecular formula is C21H27N3O3S2. The second kappa shape index (κ2) is 9.73. The SMILES string of the molecule is CCN(CC)S(=O)(=O)c1ccc(SCC(=O)NC2CCCc3ccccc32)nc1. The molecule has 0 bridgehead atoms. The van der Waals surface area contributed by atoms with Crippen molar-refractivity contribution in [2.75, 3.05) is 18.8 Å². The average Bonchev–Trinajstić information content (AvgIpc) is 2.73. The molecule has 1 aliphatic rings. The van der Waals surface area contributed by atoms with Gasteiger partial charge in [0.15, 0.2) is 0 Å². The first-order valence-electron chi connectivity index (χ1n) is 9.91. The highest BCUT2D eigenvalue weighted by molar-refractivity contribution is 7.99. The lowest BCUT2D eigenvalue weighted by Gasteiger charge is -2.26. The minimum atomic E-state index is -3.51. The van der Waals surface area contributed by atoms with Crippen LogP contribution >= 0.6 is 11.8 Å². The molecular weight excluding hydrogens is 406 g/mol. The Balaban J connectivity index is 1.58. The maximum atomic E-state index is 12.5. The summed E-state index contributed by atoms with van der Waals surface area (Å²) in [5.74, 6) is 0.201. The highest BCUT2D eigenvalue weighted by Gasteiger charge is 2.23. The molecule has 0 fully saturated rings. The summed E-state index contributed by atoms with van der Waals surface area (Å²) in [6, 6.07) is 11.5. The number of thioether (sulfide) groups is 1. The number of hydrogen-bond donors (Lipinski definition) is 1. The van der Waals surface area contributed by atoms with Gasteiger partial charge in [-0.15, -0.1) is 0 Å². The third-order valence-corrected chi connectivity index (χ3v) is 8.09. The number of benzene rings is 1. The molecule has 1 aromatic carbocycles. The molecule has 1 amide bonds. The molecule has 2 aromatic rings. The van der Waals surface area contributed by atoms with Crippen molar-refractivity contribution in [2.24, 2.45) is 0 Å². The molecule has 8 heteroatoms. The van der Waals surface area contributed by atoms with Gasteiger partial charge in [-0.3, -0.25) is 4.79 Å². The van der Waals surface area contributed by atoms with E-state index in [1.807, 2.05) is 26.0 Å². The molecule has 0 saturated carbocycles. The van der Waals surface area contributed by atoms with Gasteiger partial charge in [-0.05, 0) is 42.5 Å². The molecule has 156 valence electrons. The molecule has 0 aliphatic heterocycles. The number of aromatic nitrogens is 1. The lowest BCUT2D eigenvalue weighted by Crippen LogP contribution is -2.32. The van der Waals surface area contributed by atoms with Crippen LogP contribution in [0.3, 0.4) is 0 Å². The number of nitrogens with one attached hydrogen (secondary N) is 1. The summed E-state index contributed by atoms with van der Waals surface area (Å²) >= 11 is 1.31. The zero-order valence-corrected chi connectivity index (χ0v) is 18.4. The number of fused-ring (bicyclic) bond motifs is 1. The van der Waals surface area contributed by atoms with Crippen LogP contribution in [0.1, 0.15) is 43.9 Å². The fourth-order valence-electron chi connectivity index (χ4n) is 3.60. The number of hydrogen-bond acceptors (Lipinski definition) is 5. The third-order valence-electron chi connectivity index (χ3n) is 5.11. The summed E-state index contributed by atoms with van der Waals surface area (Å²) in [6.07, 6.45) is 4.44. The van der Waals surface area contributed by atoms with E-state index in [1.165, 1.54) is 33.4 Å². The number of sulfonamides is 1. The molecule has 1 aromatic heterocycles. The summed E-state index contributed by atoms with van der Waals surface area (Å²) in [5.41, 5.74) is 2.52. The smallest absolute Gasteiger partial charge is 0.244 e. The van der Waals surface area contributed by atoms with E-state index in [0.29, 0.717) is 18.1 Å². The van der Waals surface area contributed by atoms with Crippen LogP contribution in [0, 0.1) is 0 Å². The monoisotopic (exact) mass is 433 g/mol. The Morgan fingerprint density at radius 3 is 2.66 bits per heavy atom. The van der Waals surface area contributed by atoms with Gasteiger partial charge < -0.3 is 5.32 Å². The minimum absolute atomic E-state index is 0.0432. The number of nitrogens with zero attached hydrogens (tertiary/aromatic N) is 2. The predicted molar refractivity (Wildman–Crippen MR) is 115 cm³/mol. The topological polar surface area (TPSA) is 79.4 Å². The molecule has 1 atom stereocenters. The van der Waals surface area contributed by atoms with Gasteiger partial charge in [0, 0.05) is 19.3 Å². The third kappa shape index (κ3) is 5.18. The fourth-order valence-corrected chi connectivity index (χ4v) is 5.65. The van der Waals surface area contributed by atoms with Crippen LogP contribution in [0.4, 0.5) is 0 Å². The molecule has 6 nitrogen and oxygen atoms in total. The van der Waals surface area contributed by atoms with Crippen molar-refractivity contribution in [1.29, 1.82) is 0 Å². The summed E-state index contributed by atoms with van der Waals surface area (Å²) in [7, 11) is -3.51. The van der Waals surface area contributed by atoms with Crippen molar-refractivity contribution in [1.82, 2.24) is 14.6 Å². The fraction of sp³-hybridized carbons (Fsp3) is 0.429. The zero-order chi connectivity index (χ0) is 20.9. The Hall–Kier alpha value is -1.90. The van der Waals surface area contributed by atoms with Gasteiger partial charge in [-0.25, -0.2) is 13.4 Å². The molecule has 0 spiro atoms. The number of carbonyl (C=O) groups is 1. The summed E-state index contributed by atoms with van der Waals surface area (Å²) < 4.78 is 26.4. The highest BCUT2D eigenvalue weighted by Crippen LogP contribution is 2.29. The van der Waals surface area contributed by atoms with E-state index in [1.54, 1.807) is 12.1 Å². The maximum Gasteiger partial charge on any atom is 0.244 e. The Labute approximate surface area is 177 Å². The molecule has 0 radical (unpaired) electrons. The summed E-state index contributed by atoms with van der Waals surface area (Å²) in [4.78, 5) is 16.8. The van der Waals surface area contributed by atoms with Gasteiger partial charge >= 0.3 is 0 Å². The summed E-state index contributed by atoms with van der Waals surface area (Å²) in [6.45, 7) is 4.45. The second-order valence-electron chi connectivity index (χ2n) is 6.92. The van der Waals surface area contributed by atoms with Crippen LogP contribution in [0.2, 0.25) is 0 Å². The Bertz CT molecular complexity index is 942. The van der Waals surface area contributed by atoms with Crippen LogP contribution in [0.25, 0.3) is 0 Å². The lowest BCUT2D eigenvalue weighted by atomic mass is 9.88. The molecule has 1 heterocycles. The van der Waals surface area contributed by atoms with Crippen LogP contribution in [-0.2, 0) is 21.2 Å². The van der Waals surface area contributed by atoms with Gasteiger partial charge in [0.25, 0.3) is 0 Å². The lowest BCUT2D eigenvalue weighted by molar-refractivity contribution is -0.119.